The molecule has 0 aliphatic heterocycles. The van der Waals surface area contributed by atoms with Gasteiger partial charge in [0.15, 0.2) is 0 Å². The number of hydrogen-bond donors (Lipinski definition) is 0. The van der Waals surface area contributed by atoms with Crippen LogP contribution >= 0.6 is 0 Å². The van der Waals surface area contributed by atoms with Crippen LogP contribution in [0.15, 0.2) is 54.6 Å². The SMILES string of the molecule is Cc1cc(C)c2c(CC(C)(C)C)cc(-c3cc(C(C)C)c4ccccc4c3)nc2c1. The van der Waals surface area contributed by atoms with Crippen molar-refractivity contribution < 1.29 is 0 Å². The van der Waals surface area contributed by atoms with E-state index in [9.17, 15) is 0 Å². The summed E-state index contributed by atoms with van der Waals surface area (Å²) in [5, 5.41) is 3.96. The molecule has 4 aromatic rings. The molecule has 0 saturated carbocycles. The number of hydrogen-bond acceptors (Lipinski definition) is 1. The zero-order valence-electron chi connectivity index (χ0n) is 19.4. The second-order valence-corrected chi connectivity index (χ2v) is 10.3. The third kappa shape index (κ3) is 3.99. The number of aryl methyl sites for hydroxylation is 2. The lowest BCUT2D eigenvalue weighted by molar-refractivity contribution is 0.412. The highest BCUT2D eigenvalue weighted by Gasteiger charge is 2.18. The Morgan fingerprint density at radius 3 is 2.33 bits per heavy atom. The fraction of sp³-hybridized carbons (Fsp3) is 0.345. The molecular formula is C29H33N. The molecule has 0 aliphatic rings. The average molecular weight is 396 g/mol. The summed E-state index contributed by atoms with van der Waals surface area (Å²) < 4.78 is 0. The van der Waals surface area contributed by atoms with E-state index in [0.29, 0.717) is 5.92 Å². The first-order valence-corrected chi connectivity index (χ1v) is 11.1. The molecule has 0 amide bonds. The van der Waals surface area contributed by atoms with Crippen molar-refractivity contribution in [1.82, 2.24) is 4.98 Å². The first-order chi connectivity index (χ1) is 14.1. The molecule has 154 valence electrons. The van der Waals surface area contributed by atoms with Crippen molar-refractivity contribution in [3.8, 4) is 11.3 Å². The fourth-order valence-electron chi connectivity index (χ4n) is 4.67. The van der Waals surface area contributed by atoms with Crippen LogP contribution in [-0.4, -0.2) is 4.98 Å². The molecule has 0 radical (unpaired) electrons. The third-order valence-corrected chi connectivity index (χ3v) is 5.86. The summed E-state index contributed by atoms with van der Waals surface area (Å²) >= 11 is 0. The molecule has 0 unspecified atom stereocenters. The van der Waals surface area contributed by atoms with Gasteiger partial charge in [0.25, 0.3) is 0 Å². The van der Waals surface area contributed by atoms with E-state index in [4.69, 9.17) is 4.98 Å². The van der Waals surface area contributed by atoms with Gasteiger partial charge in [-0.25, -0.2) is 4.98 Å². The van der Waals surface area contributed by atoms with Gasteiger partial charge >= 0.3 is 0 Å². The molecule has 1 heterocycles. The molecule has 0 fully saturated rings. The highest BCUT2D eigenvalue weighted by molar-refractivity contribution is 5.93. The zero-order valence-corrected chi connectivity index (χ0v) is 19.4. The predicted molar refractivity (Wildman–Crippen MR) is 131 cm³/mol. The summed E-state index contributed by atoms with van der Waals surface area (Å²) in [7, 11) is 0. The van der Waals surface area contributed by atoms with E-state index in [1.54, 1.807) is 0 Å². The number of pyridine rings is 1. The van der Waals surface area contributed by atoms with Crippen molar-refractivity contribution in [2.75, 3.05) is 0 Å². The highest BCUT2D eigenvalue weighted by atomic mass is 14.7. The Labute approximate surface area is 181 Å². The van der Waals surface area contributed by atoms with Gasteiger partial charge < -0.3 is 0 Å². The molecule has 1 aromatic heterocycles. The number of nitrogens with zero attached hydrogens (tertiary/aromatic N) is 1. The van der Waals surface area contributed by atoms with Crippen LogP contribution < -0.4 is 0 Å². The van der Waals surface area contributed by atoms with Gasteiger partial charge in [0.1, 0.15) is 0 Å². The third-order valence-electron chi connectivity index (χ3n) is 5.86. The molecule has 0 atom stereocenters. The van der Waals surface area contributed by atoms with E-state index in [1.165, 1.54) is 44.0 Å². The van der Waals surface area contributed by atoms with E-state index in [-0.39, 0.29) is 5.41 Å². The van der Waals surface area contributed by atoms with Crippen LogP contribution in [-0.2, 0) is 6.42 Å². The largest absolute Gasteiger partial charge is 0.248 e. The van der Waals surface area contributed by atoms with Crippen molar-refractivity contribution in [3.05, 3.63) is 76.9 Å². The Bertz CT molecular complexity index is 1240. The lowest BCUT2D eigenvalue weighted by Crippen LogP contribution is -2.10. The minimum Gasteiger partial charge on any atom is -0.248 e. The Morgan fingerprint density at radius 1 is 0.900 bits per heavy atom. The topological polar surface area (TPSA) is 12.9 Å². The van der Waals surface area contributed by atoms with Crippen molar-refractivity contribution in [2.45, 2.75) is 60.8 Å². The Balaban J connectivity index is 2.01. The Hall–Kier alpha value is -2.67. The van der Waals surface area contributed by atoms with E-state index in [1.807, 2.05) is 0 Å². The monoisotopic (exact) mass is 395 g/mol. The van der Waals surface area contributed by atoms with Gasteiger partial charge in [-0.2, -0.15) is 0 Å². The molecule has 0 spiro atoms. The maximum absolute atomic E-state index is 5.17. The van der Waals surface area contributed by atoms with Gasteiger partial charge in [0.2, 0.25) is 0 Å². The van der Waals surface area contributed by atoms with Gasteiger partial charge in [-0.05, 0) is 88.9 Å². The minimum atomic E-state index is 0.218. The van der Waals surface area contributed by atoms with Crippen LogP contribution in [0.3, 0.4) is 0 Å². The molecule has 0 N–H and O–H groups in total. The van der Waals surface area contributed by atoms with Crippen LogP contribution in [0.1, 0.15) is 62.8 Å². The lowest BCUT2D eigenvalue weighted by atomic mass is 9.85. The summed E-state index contributed by atoms with van der Waals surface area (Å²) in [5.74, 6) is 0.467. The van der Waals surface area contributed by atoms with Gasteiger partial charge in [-0.1, -0.05) is 65.0 Å². The molecule has 30 heavy (non-hydrogen) atoms. The van der Waals surface area contributed by atoms with Crippen molar-refractivity contribution in [3.63, 3.8) is 0 Å². The standard InChI is InChI=1S/C29H33N/c1-18(2)25-15-22(14-21-10-8-9-11-24(21)25)26-16-23(17-29(5,6)7)28-20(4)12-19(3)13-27(28)30-26/h8-16,18H,17H2,1-7H3. The summed E-state index contributed by atoms with van der Waals surface area (Å²) in [6.07, 6.45) is 1.04. The van der Waals surface area contributed by atoms with Crippen molar-refractivity contribution in [1.29, 1.82) is 0 Å². The number of aromatic nitrogens is 1. The Kier molecular flexibility index (Phi) is 5.18. The quantitative estimate of drug-likeness (QED) is 0.339. The second-order valence-electron chi connectivity index (χ2n) is 10.3. The minimum absolute atomic E-state index is 0.218. The Morgan fingerprint density at radius 2 is 1.63 bits per heavy atom. The normalized spacial score (nSPS) is 12.3. The first kappa shape index (κ1) is 20.6. The van der Waals surface area contributed by atoms with Crippen molar-refractivity contribution >= 4 is 21.7 Å². The van der Waals surface area contributed by atoms with Crippen LogP contribution in [0, 0.1) is 19.3 Å². The van der Waals surface area contributed by atoms with E-state index in [0.717, 1.165) is 17.6 Å². The van der Waals surface area contributed by atoms with E-state index >= 15 is 0 Å². The molecular weight excluding hydrogens is 362 g/mol. The van der Waals surface area contributed by atoms with E-state index in [2.05, 4.69) is 103 Å². The summed E-state index contributed by atoms with van der Waals surface area (Å²) in [5.41, 5.74) is 9.02. The molecule has 3 aromatic carbocycles. The predicted octanol–water partition coefficient (Wildman–Crippen LogP) is 8.38. The molecule has 1 heteroatoms. The number of fused-ring (bicyclic) bond motifs is 2. The first-order valence-electron chi connectivity index (χ1n) is 11.1. The van der Waals surface area contributed by atoms with Crippen LogP contribution in [0.4, 0.5) is 0 Å². The van der Waals surface area contributed by atoms with Crippen LogP contribution in [0.5, 0.6) is 0 Å². The molecule has 1 nitrogen and oxygen atoms in total. The summed E-state index contributed by atoms with van der Waals surface area (Å²) in [6.45, 7) is 15.9. The van der Waals surface area contributed by atoms with Gasteiger partial charge in [0, 0.05) is 10.9 Å². The summed E-state index contributed by atoms with van der Waals surface area (Å²) in [6, 6.07) is 20.2. The number of rotatable bonds is 3. The molecule has 0 saturated heterocycles. The van der Waals surface area contributed by atoms with Crippen LogP contribution in [0.25, 0.3) is 32.9 Å². The average Bonchev–Trinajstić information content (AvgIpc) is 2.64. The maximum atomic E-state index is 5.17. The molecule has 0 aliphatic carbocycles. The second kappa shape index (κ2) is 7.54. The molecule has 4 rings (SSSR count). The highest BCUT2D eigenvalue weighted by Crippen LogP contribution is 2.35. The molecule has 0 bridgehead atoms. The number of benzene rings is 3. The van der Waals surface area contributed by atoms with E-state index < -0.39 is 0 Å². The fourth-order valence-corrected chi connectivity index (χ4v) is 4.67. The van der Waals surface area contributed by atoms with Gasteiger partial charge in [0.05, 0.1) is 11.2 Å². The van der Waals surface area contributed by atoms with Gasteiger partial charge in [-0.15, -0.1) is 0 Å². The maximum Gasteiger partial charge on any atom is 0.0717 e. The smallest absolute Gasteiger partial charge is 0.0717 e. The van der Waals surface area contributed by atoms with Crippen molar-refractivity contribution in [2.24, 2.45) is 5.41 Å². The van der Waals surface area contributed by atoms with Crippen LogP contribution in [0.2, 0.25) is 0 Å². The summed E-state index contributed by atoms with van der Waals surface area (Å²) in [4.78, 5) is 5.17. The van der Waals surface area contributed by atoms with Gasteiger partial charge in [-0.3, -0.25) is 0 Å². The zero-order chi connectivity index (χ0) is 21.6. The lowest BCUT2D eigenvalue weighted by Gasteiger charge is -2.21.